The lowest BCUT2D eigenvalue weighted by atomic mass is 9.99. The third kappa shape index (κ3) is 6.61. The second kappa shape index (κ2) is 10.4. The van der Waals surface area contributed by atoms with Crippen molar-refractivity contribution in [1.29, 1.82) is 0 Å². The number of benzene rings is 1. The van der Waals surface area contributed by atoms with Gasteiger partial charge < -0.3 is 0 Å². The Kier molecular flexibility index (Phi) is 8.03. The number of hydrogen-bond acceptors (Lipinski definition) is 3. The van der Waals surface area contributed by atoms with Crippen molar-refractivity contribution in [3.05, 3.63) is 42.0 Å². The highest BCUT2D eigenvalue weighted by molar-refractivity contribution is 5.88. The molecule has 0 heterocycles. The Morgan fingerprint density at radius 3 is 1.77 bits per heavy atom. The first-order valence-corrected chi connectivity index (χ1v) is 8.65. The van der Waals surface area contributed by atoms with E-state index in [2.05, 4.69) is 0 Å². The molecule has 0 saturated heterocycles. The van der Waals surface area contributed by atoms with E-state index in [1.165, 1.54) is 44.9 Å². The lowest BCUT2D eigenvalue weighted by Crippen LogP contribution is -2.11. The maximum atomic E-state index is 11.9. The number of carbonyl (C=O) groups excluding carboxylic acids is 1. The second-order valence-electron chi connectivity index (χ2n) is 6.04. The maximum Gasteiger partial charge on any atom is 0.373 e. The van der Waals surface area contributed by atoms with E-state index in [1.807, 2.05) is 18.2 Å². The molecule has 1 aliphatic rings. The van der Waals surface area contributed by atoms with Crippen molar-refractivity contribution in [3.63, 3.8) is 0 Å². The number of hydrogen-bond donors (Lipinski definition) is 0. The number of rotatable bonds is 3. The molecular weight excluding hydrogens is 276 g/mol. The summed E-state index contributed by atoms with van der Waals surface area (Å²) in [6, 6.07) is 8.98. The van der Waals surface area contributed by atoms with Gasteiger partial charge in [-0.3, -0.25) is 4.89 Å². The molecule has 1 aromatic rings. The normalized spacial score (nSPS) is 18.9. The lowest BCUT2D eigenvalue weighted by Gasteiger charge is -2.15. The Balaban J connectivity index is 1.76. The minimum atomic E-state index is -0.417. The molecule has 1 radical (unpaired) electrons. The van der Waals surface area contributed by atoms with Crippen LogP contribution in [-0.4, -0.2) is 5.97 Å². The van der Waals surface area contributed by atoms with Gasteiger partial charge in [0.1, 0.15) is 6.10 Å². The Morgan fingerprint density at radius 2 is 1.23 bits per heavy atom. The van der Waals surface area contributed by atoms with Crippen LogP contribution in [0.1, 0.15) is 81.0 Å². The van der Waals surface area contributed by atoms with Crippen LogP contribution in [0, 0.1) is 6.10 Å². The molecule has 2 rings (SSSR count). The molecule has 0 amide bonds. The predicted molar refractivity (Wildman–Crippen MR) is 87.0 cm³/mol. The third-order valence-electron chi connectivity index (χ3n) is 4.16. The SMILES string of the molecule is O=C(OO[C]1CCCCCCCCCCC1)c1ccccc1. The average molecular weight is 303 g/mol. The topological polar surface area (TPSA) is 35.5 Å². The van der Waals surface area contributed by atoms with Crippen LogP contribution >= 0.6 is 0 Å². The van der Waals surface area contributed by atoms with Crippen LogP contribution in [0.15, 0.2) is 30.3 Å². The van der Waals surface area contributed by atoms with E-state index in [4.69, 9.17) is 9.78 Å². The summed E-state index contributed by atoms with van der Waals surface area (Å²) in [6.07, 6.45) is 14.1. The van der Waals surface area contributed by atoms with E-state index in [-0.39, 0.29) is 0 Å². The highest BCUT2D eigenvalue weighted by Crippen LogP contribution is 2.24. The fourth-order valence-corrected chi connectivity index (χ4v) is 2.81. The lowest BCUT2D eigenvalue weighted by molar-refractivity contribution is -0.237. The molecule has 1 aromatic carbocycles. The van der Waals surface area contributed by atoms with Gasteiger partial charge in [-0.25, -0.2) is 4.79 Å². The molecule has 1 aliphatic carbocycles. The summed E-state index contributed by atoms with van der Waals surface area (Å²) in [7, 11) is 0. The van der Waals surface area contributed by atoms with Crippen LogP contribution in [-0.2, 0) is 9.78 Å². The first-order chi connectivity index (χ1) is 10.9. The molecule has 3 nitrogen and oxygen atoms in total. The van der Waals surface area contributed by atoms with Crippen LogP contribution in [0.2, 0.25) is 0 Å². The van der Waals surface area contributed by atoms with Crippen molar-refractivity contribution >= 4 is 5.97 Å². The van der Waals surface area contributed by atoms with Gasteiger partial charge in [0.05, 0.1) is 5.56 Å². The van der Waals surface area contributed by atoms with Gasteiger partial charge >= 0.3 is 5.97 Å². The van der Waals surface area contributed by atoms with E-state index in [0.29, 0.717) is 5.56 Å². The molecule has 0 spiro atoms. The van der Waals surface area contributed by atoms with Crippen LogP contribution in [0.4, 0.5) is 0 Å². The molecule has 0 aliphatic heterocycles. The van der Waals surface area contributed by atoms with Crippen molar-refractivity contribution in [2.45, 2.75) is 70.6 Å². The average Bonchev–Trinajstić information content (AvgIpc) is 2.55. The third-order valence-corrected chi connectivity index (χ3v) is 4.16. The summed E-state index contributed by atoms with van der Waals surface area (Å²) in [5.41, 5.74) is 0.524. The molecule has 1 fully saturated rings. The minimum Gasteiger partial charge on any atom is -0.292 e. The highest BCUT2D eigenvalue weighted by Gasteiger charge is 2.16. The van der Waals surface area contributed by atoms with Crippen molar-refractivity contribution < 1.29 is 14.6 Å². The zero-order valence-electron chi connectivity index (χ0n) is 13.4. The van der Waals surface area contributed by atoms with Crippen LogP contribution < -0.4 is 0 Å². The van der Waals surface area contributed by atoms with Crippen molar-refractivity contribution in [3.8, 4) is 0 Å². The zero-order valence-corrected chi connectivity index (χ0v) is 13.4. The summed E-state index contributed by atoms with van der Waals surface area (Å²) >= 11 is 0. The van der Waals surface area contributed by atoms with Gasteiger partial charge in [0.25, 0.3) is 0 Å². The molecular formula is C19H27O3. The first kappa shape index (κ1) is 17.0. The Bertz CT molecular complexity index is 404. The molecule has 0 bridgehead atoms. The highest BCUT2D eigenvalue weighted by atomic mass is 17.2. The molecule has 22 heavy (non-hydrogen) atoms. The van der Waals surface area contributed by atoms with Gasteiger partial charge in [-0.05, 0) is 25.0 Å². The summed E-state index contributed by atoms with van der Waals surface area (Å²) in [5.74, 6) is -0.417. The Morgan fingerprint density at radius 1 is 0.727 bits per heavy atom. The van der Waals surface area contributed by atoms with Gasteiger partial charge in [0.15, 0.2) is 0 Å². The van der Waals surface area contributed by atoms with E-state index >= 15 is 0 Å². The molecule has 0 atom stereocenters. The van der Waals surface area contributed by atoms with Crippen molar-refractivity contribution in [2.75, 3.05) is 0 Å². The zero-order chi connectivity index (χ0) is 15.5. The van der Waals surface area contributed by atoms with Crippen LogP contribution in [0.5, 0.6) is 0 Å². The summed E-state index contributed by atoms with van der Waals surface area (Å²) in [6.45, 7) is 0. The molecule has 3 heteroatoms. The van der Waals surface area contributed by atoms with Crippen molar-refractivity contribution in [1.82, 2.24) is 0 Å². The van der Waals surface area contributed by atoms with Gasteiger partial charge in [-0.15, -0.1) is 0 Å². The molecule has 1 saturated carbocycles. The molecule has 0 aromatic heterocycles. The van der Waals surface area contributed by atoms with Gasteiger partial charge in [0.2, 0.25) is 0 Å². The Labute approximate surface area is 133 Å². The van der Waals surface area contributed by atoms with Crippen LogP contribution in [0.3, 0.4) is 0 Å². The quantitative estimate of drug-likeness (QED) is 0.537. The molecule has 121 valence electrons. The molecule has 0 unspecified atom stereocenters. The van der Waals surface area contributed by atoms with E-state index in [9.17, 15) is 4.79 Å². The largest absolute Gasteiger partial charge is 0.373 e. The summed E-state index contributed by atoms with van der Waals surface area (Å²) < 4.78 is 0. The van der Waals surface area contributed by atoms with E-state index in [1.54, 1.807) is 12.1 Å². The summed E-state index contributed by atoms with van der Waals surface area (Å²) in [5, 5.41) is 0. The van der Waals surface area contributed by atoms with Gasteiger partial charge in [-0.2, -0.15) is 4.89 Å². The summed E-state index contributed by atoms with van der Waals surface area (Å²) in [4.78, 5) is 22.3. The second-order valence-corrected chi connectivity index (χ2v) is 6.04. The fraction of sp³-hybridized carbons (Fsp3) is 0.579. The van der Waals surface area contributed by atoms with E-state index < -0.39 is 5.97 Å². The standard InChI is InChI=1S/C19H27O3/c20-19(17-13-9-8-10-14-17)22-21-18-15-11-6-4-2-1-3-5-7-12-16-18/h8-10,13-14H,1-7,11-12,15-16H2. The number of carbonyl (C=O) groups is 1. The predicted octanol–water partition coefficient (Wildman–Crippen LogP) is 5.61. The minimum absolute atomic E-state index is 0.417. The molecule has 0 N–H and O–H groups in total. The first-order valence-electron chi connectivity index (χ1n) is 8.65. The van der Waals surface area contributed by atoms with Gasteiger partial charge in [0, 0.05) is 0 Å². The van der Waals surface area contributed by atoms with Crippen LogP contribution in [0.25, 0.3) is 0 Å². The van der Waals surface area contributed by atoms with E-state index in [0.717, 1.165) is 31.8 Å². The fourth-order valence-electron chi connectivity index (χ4n) is 2.81. The maximum absolute atomic E-state index is 11.9. The van der Waals surface area contributed by atoms with Gasteiger partial charge in [-0.1, -0.05) is 76.0 Å². The monoisotopic (exact) mass is 303 g/mol. The smallest absolute Gasteiger partial charge is 0.292 e. The van der Waals surface area contributed by atoms with Crippen molar-refractivity contribution in [2.24, 2.45) is 0 Å². The Hall–Kier alpha value is -1.35.